The Morgan fingerprint density at radius 2 is 1.63 bits per heavy atom. The van der Waals surface area contributed by atoms with Crippen molar-refractivity contribution in [1.82, 2.24) is 5.43 Å². The second kappa shape index (κ2) is 9.32. The van der Waals surface area contributed by atoms with Gasteiger partial charge >= 0.3 is 0 Å². The summed E-state index contributed by atoms with van der Waals surface area (Å²) >= 11 is 0. The third-order valence-electron chi connectivity index (χ3n) is 4.24. The van der Waals surface area contributed by atoms with Gasteiger partial charge in [-0.25, -0.2) is 18.2 Å². The van der Waals surface area contributed by atoms with Crippen LogP contribution in [0.2, 0.25) is 0 Å². The van der Waals surface area contributed by atoms with Gasteiger partial charge in [0.2, 0.25) is 10.0 Å². The van der Waals surface area contributed by atoms with Gasteiger partial charge in [-0.3, -0.25) is 9.10 Å². The Morgan fingerprint density at radius 3 is 2.23 bits per heavy atom. The molecule has 154 valence electrons. The molecule has 0 aromatic heterocycles. The number of nitrogens with one attached hydrogen (secondary N) is 1. The Bertz CT molecular complexity index is 1130. The van der Waals surface area contributed by atoms with Crippen LogP contribution in [-0.2, 0) is 16.6 Å². The maximum atomic E-state index is 12.9. The second-order valence-corrected chi connectivity index (χ2v) is 8.46. The van der Waals surface area contributed by atoms with E-state index in [-0.39, 0.29) is 12.4 Å². The Balaban J connectivity index is 1.70. The van der Waals surface area contributed by atoms with Gasteiger partial charge in [-0.15, -0.1) is 0 Å². The van der Waals surface area contributed by atoms with Crippen molar-refractivity contribution in [1.29, 1.82) is 0 Å². The quantitative estimate of drug-likeness (QED) is 0.464. The highest BCUT2D eigenvalue weighted by molar-refractivity contribution is 7.92. The van der Waals surface area contributed by atoms with E-state index in [2.05, 4.69) is 10.5 Å². The van der Waals surface area contributed by atoms with Crippen molar-refractivity contribution >= 4 is 27.8 Å². The number of hydrogen-bond donors (Lipinski definition) is 1. The molecule has 0 aliphatic rings. The molecule has 1 amide bonds. The number of amides is 1. The minimum Gasteiger partial charge on any atom is -0.267 e. The van der Waals surface area contributed by atoms with E-state index >= 15 is 0 Å². The first kappa shape index (κ1) is 21.2. The number of carbonyl (C=O) groups excluding carboxylic acids is 1. The molecule has 30 heavy (non-hydrogen) atoms. The number of nitrogens with zero attached hydrogens (tertiary/aromatic N) is 2. The zero-order valence-corrected chi connectivity index (χ0v) is 17.0. The lowest BCUT2D eigenvalue weighted by Gasteiger charge is -2.22. The first-order chi connectivity index (χ1) is 14.3. The molecule has 0 aliphatic heterocycles. The lowest BCUT2D eigenvalue weighted by molar-refractivity contribution is 0.0955. The van der Waals surface area contributed by atoms with Crippen LogP contribution in [-0.4, -0.2) is 26.8 Å². The third kappa shape index (κ3) is 5.74. The molecule has 1 N–H and O–H groups in total. The molecule has 0 saturated heterocycles. The largest absolute Gasteiger partial charge is 0.271 e. The van der Waals surface area contributed by atoms with E-state index in [1.165, 1.54) is 46.9 Å². The predicted molar refractivity (Wildman–Crippen MR) is 115 cm³/mol. The number of benzene rings is 3. The van der Waals surface area contributed by atoms with Gasteiger partial charge < -0.3 is 0 Å². The van der Waals surface area contributed by atoms with Gasteiger partial charge in [0.1, 0.15) is 5.82 Å². The Hall–Kier alpha value is -3.52. The van der Waals surface area contributed by atoms with E-state index in [1.807, 2.05) is 30.3 Å². The second-order valence-electron chi connectivity index (χ2n) is 6.55. The van der Waals surface area contributed by atoms with Crippen molar-refractivity contribution < 1.29 is 17.6 Å². The van der Waals surface area contributed by atoms with Crippen molar-refractivity contribution in [3.05, 3.63) is 101 Å². The van der Waals surface area contributed by atoms with Gasteiger partial charge in [0, 0.05) is 5.56 Å². The van der Waals surface area contributed by atoms with Crippen molar-refractivity contribution in [2.45, 2.75) is 6.54 Å². The van der Waals surface area contributed by atoms with E-state index < -0.39 is 15.9 Å². The van der Waals surface area contributed by atoms with Crippen molar-refractivity contribution in [2.24, 2.45) is 5.10 Å². The normalized spacial score (nSPS) is 11.4. The van der Waals surface area contributed by atoms with Gasteiger partial charge in [-0.2, -0.15) is 5.10 Å². The van der Waals surface area contributed by atoms with Crippen LogP contribution in [0.4, 0.5) is 10.1 Å². The summed E-state index contributed by atoms with van der Waals surface area (Å²) in [6, 6.07) is 21.1. The third-order valence-corrected chi connectivity index (χ3v) is 5.38. The van der Waals surface area contributed by atoms with Crippen molar-refractivity contribution in [3.8, 4) is 0 Å². The number of carbonyl (C=O) groups is 1. The molecule has 0 fully saturated rings. The van der Waals surface area contributed by atoms with Crippen molar-refractivity contribution in [2.75, 3.05) is 10.6 Å². The topological polar surface area (TPSA) is 78.8 Å². The van der Waals surface area contributed by atoms with E-state index in [4.69, 9.17) is 0 Å². The van der Waals surface area contributed by atoms with E-state index in [0.717, 1.165) is 11.8 Å². The molecular weight excluding hydrogens is 405 g/mol. The maximum Gasteiger partial charge on any atom is 0.271 e. The van der Waals surface area contributed by atoms with Gasteiger partial charge in [0.05, 0.1) is 24.7 Å². The predicted octanol–water partition coefficient (Wildman–Crippen LogP) is 3.56. The molecule has 0 radical (unpaired) electrons. The summed E-state index contributed by atoms with van der Waals surface area (Å²) in [6.07, 6.45) is 2.54. The standard InChI is InChI=1S/C22H20FN3O3S/c1-30(28,29)26(16-18-5-3-2-4-6-18)21-13-9-19(10-14-21)22(27)25-24-15-17-7-11-20(23)12-8-17/h2-15H,16H2,1H3,(H,25,27)/b24-15-. The SMILES string of the molecule is CS(=O)(=O)N(Cc1ccccc1)c1ccc(C(=O)N/N=C\c2ccc(F)cc2)cc1. The minimum atomic E-state index is -3.51. The summed E-state index contributed by atoms with van der Waals surface area (Å²) in [7, 11) is -3.51. The Kier molecular flexibility index (Phi) is 6.58. The summed E-state index contributed by atoms with van der Waals surface area (Å²) in [4.78, 5) is 12.2. The highest BCUT2D eigenvalue weighted by Gasteiger charge is 2.18. The van der Waals surface area contributed by atoms with E-state index in [1.54, 1.807) is 12.1 Å². The number of sulfonamides is 1. The van der Waals surface area contributed by atoms with Crippen LogP contribution in [0.3, 0.4) is 0 Å². The number of hydrazone groups is 1. The van der Waals surface area contributed by atoms with Crippen molar-refractivity contribution in [3.63, 3.8) is 0 Å². The van der Waals surface area contributed by atoms with Crippen LogP contribution < -0.4 is 9.73 Å². The summed E-state index contributed by atoms with van der Waals surface area (Å²) in [5.41, 5.74) is 4.64. The van der Waals surface area contributed by atoms with E-state index in [9.17, 15) is 17.6 Å². The lowest BCUT2D eigenvalue weighted by atomic mass is 10.2. The van der Waals surface area contributed by atoms with Crippen LogP contribution in [0, 0.1) is 5.82 Å². The summed E-state index contributed by atoms with van der Waals surface area (Å²) in [5.74, 6) is -0.805. The molecule has 0 spiro atoms. The molecule has 0 bridgehead atoms. The molecule has 0 unspecified atom stereocenters. The zero-order chi connectivity index (χ0) is 21.6. The monoisotopic (exact) mass is 425 g/mol. The Labute approximate surface area is 174 Å². The van der Waals surface area contributed by atoms with Crippen LogP contribution >= 0.6 is 0 Å². The summed E-state index contributed by atoms with van der Waals surface area (Å²) in [5, 5.41) is 3.85. The van der Waals surface area contributed by atoms with Crippen LogP contribution in [0.1, 0.15) is 21.5 Å². The highest BCUT2D eigenvalue weighted by atomic mass is 32.2. The molecule has 6 nitrogen and oxygen atoms in total. The van der Waals surface area contributed by atoms with Gasteiger partial charge in [0.25, 0.3) is 5.91 Å². The molecule has 0 saturated carbocycles. The number of anilines is 1. The fourth-order valence-corrected chi connectivity index (χ4v) is 3.60. The van der Waals surface area contributed by atoms with E-state index in [0.29, 0.717) is 16.8 Å². The van der Waals surface area contributed by atoms with Gasteiger partial charge in [-0.1, -0.05) is 42.5 Å². The minimum absolute atomic E-state index is 0.188. The molecule has 3 aromatic carbocycles. The molecule has 0 heterocycles. The van der Waals surface area contributed by atoms with Gasteiger partial charge in [-0.05, 0) is 47.5 Å². The average molecular weight is 425 g/mol. The fourth-order valence-electron chi connectivity index (χ4n) is 2.71. The average Bonchev–Trinajstić information content (AvgIpc) is 2.73. The molecular formula is C22H20FN3O3S. The summed E-state index contributed by atoms with van der Waals surface area (Å²) < 4.78 is 38.7. The first-order valence-electron chi connectivity index (χ1n) is 9.03. The van der Waals surface area contributed by atoms with Crippen LogP contribution in [0.25, 0.3) is 0 Å². The molecule has 3 aromatic rings. The molecule has 8 heteroatoms. The van der Waals surface area contributed by atoms with Crippen LogP contribution in [0.5, 0.6) is 0 Å². The number of hydrogen-bond acceptors (Lipinski definition) is 4. The zero-order valence-electron chi connectivity index (χ0n) is 16.2. The van der Waals surface area contributed by atoms with Crippen LogP contribution in [0.15, 0.2) is 84.0 Å². The Morgan fingerprint density at radius 1 is 1.00 bits per heavy atom. The molecule has 0 atom stereocenters. The smallest absolute Gasteiger partial charge is 0.267 e. The lowest BCUT2D eigenvalue weighted by Crippen LogP contribution is -2.29. The maximum absolute atomic E-state index is 12.9. The van der Waals surface area contributed by atoms with Gasteiger partial charge in [0.15, 0.2) is 0 Å². The highest BCUT2D eigenvalue weighted by Crippen LogP contribution is 2.21. The molecule has 3 rings (SSSR count). The first-order valence-corrected chi connectivity index (χ1v) is 10.9. The molecule has 0 aliphatic carbocycles. The number of halogens is 1. The summed E-state index contributed by atoms with van der Waals surface area (Å²) in [6.45, 7) is 0.188. The number of rotatable bonds is 7. The fraction of sp³-hybridized carbons (Fsp3) is 0.0909.